The Balaban J connectivity index is 1.53. The van der Waals surface area contributed by atoms with Crippen molar-refractivity contribution < 1.29 is 4.79 Å². The number of hydrogen-bond donors (Lipinski definition) is 0. The summed E-state index contributed by atoms with van der Waals surface area (Å²) in [6.07, 6.45) is 6.83. The van der Waals surface area contributed by atoms with Crippen LogP contribution in [-0.2, 0) is 0 Å². The SMILES string of the molecule is CN1CCCN(C(=O)c2cc(-c3cn(-c4ccccc4)cn3)n3ccccc23)CC1. The van der Waals surface area contributed by atoms with Crippen LogP contribution >= 0.6 is 0 Å². The molecule has 1 aliphatic rings. The van der Waals surface area contributed by atoms with Crippen molar-refractivity contribution in [1.82, 2.24) is 23.8 Å². The molecule has 6 heteroatoms. The standard InChI is InChI=1S/C24H25N5O/c1-26-11-7-12-27(15-14-26)24(30)20-16-23(29-13-6-5-10-22(20)29)21-17-28(18-25-21)19-8-3-2-4-9-19/h2-6,8-10,13,16-18H,7,11-12,14-15H2,1H3. The van der Waals surface area contributed by atoms with E-state index in [9.17, 15) is 4.79 Å². The van der Waals surface area contributed by atoms with E-state index in [-0.39, 0.29) is 5.91 Å². The Labute approximate surface area is 176 Å². The highest BCUT2D eigenvalue weighted by molar-refractivity contribution is 6.02. The van der Waals surface area contributed by atoms with Crippen molar-refractivity contribution in [3.8, 4) is 17.1 Å². The molecule has 1 saturated heterocycles. The van der Waals surface area contributed by atoms with E-state index in [1.54, 1.807) is 0 Å². The average Bonchev–Trinajstić information content (AvgIpc) is 3.35. The van der Waals surface area contributed by atoms with Gasteiger partial charge in [0.05, 0.1) is 23.1 Å². The number of likely N-dealkylation sites (N-methyl/N-ethyl adjacent to an activating group) is 1. The molecule has 0 saturated carbocycles. The molecule has 1 aliphatic heterocycles. The Morgan fingerprint density at radius 2 is 1.80 bits per heavy atom. The van der Waals surface area contributed by atoms with Gasteiger partial charge in [-0.3, -0.25) is 4.79 Å². The van der Waals surface area contributed by atoms with Crippen LogP contribution in [0.4, 0.5) is 0 Å². The lowest BCUT2D eigenvalue weighted by Crippen LogP contribution is -2.34. The van der Waals surface area contributed by atoms with Crippen LogP contribution in [0.5, 0.6) is 0 Å². The normalized spacial score (nSPS) is 15.4. The predicted octanol–water partition coefficient (Wildman–Crippen LogP) is 3.57. The number of imidazole rings is 1. The molecule has 0 aliphatic carbocycles. The van der Waals surface area contributed by atoms with Gasteiger partial charge in [-0.15, -0.1) is 0 Å². The number of benzene rings is 1. The van der Waals surface area contributed by atoms with E-state index in [0.29, 0.717) is 0 Å². The summed E-state index contributed by atoms with van der Waals surface area (Å²) in [6.45, 7) is 3.50. The smallest absolute Gasteiger partial charge is 0.256 e. The van der Waals surface area contributed by atoms with Crippen LogP contribution in [0.3, 0.4) is 0 Å². The second-order valence-corrected chi connectivity index (χ2v) is 7.85. The number of pyridine rings is 1. The third-order valence-electron chi connectivity index (χ3n) is 5.81. The minimum absolute atomic E-state index is 0.0998. The second kappa shape index (κ2) is 7.80. The molecule has 5 rings (SSSR count). The number of carbonyl (C=O) groups is 1. The first-order valence-electron chi connectivity index (χ1n) is 10.4. The highest BCUT2D eigenvalue weighted by atomic mass is 16.2. The topological polar surface area (TPSA) is 45.8 Å². The van der Waals surface area contributed by atoms with Gasteiger partial charge in [-0.1, -0.05) is 24.3 Å². The van der Waals surface area contributed by atoms with Crippen molar-refractivity contribution in [1.29, 1.82) is 0 Å². The average molecular weight is 399 g/mol. The highest BCUT2D eigenvalue weighted by Crippen LogP contribution is 2.27. The summed E-state index contributed by atoms with van der Waals surface area (Å²) in [4.78, 5) is 22.3. The molecule has 30 heavy (non-hydrogen) atoms. The van der Waals surface area contributed by atoms with Crippen LogP contribution in [0.25, 0.3) is 22.6 Å². The molecule has 3 aromatic heterocycles. The van der Waals surface area contributed by atoms with E-state index in [1.165, 1.54) is 0 Å². The van der Waals surface area contributed by atoms with Crippen LogP contribution < -0.4 is 0 Å². The maximum Gasteiger partial charge on any atom is 0.256 e. The van der Waals surface area contributed by atoms with Gasteiger partial charge in [-0.25, -0.2) is 4.98 Å². The fraction of sp³-hybridized carbons (Fsp3) is 0.250. The molecule has 0 atom stereocenters. The second-order valence-electron chi connectivity index (χ2n) is 7.85. The maximum atomic E-state index is 13.4. The van der Waals surface area contributed by atoms with E-state index < -0.39 is 0 Å². The first kappa shape index (κ1) is 18.6. The summed E-state index contributed by atoms with van der Waals surface area (Å²) >= 11 is 0. The van der Waals surface area contributed by atoms with Gasteiger partial charge >= 0.3 is 0 Å². The molecular formula is C24H25N5O. The number of amides is 1. The largest absolute Gasteiger partial charge is 0.337 e. The summed E-state index contributed by atoms with van der Waals surface area (Å²) in [5.74, 6) is 0.0998. The molecule has 0 spiro atoms. The van der Waals surface area contributed by atoms with Crippen LogP contribution in [-0.4, -0.2) is 62.9 Å². The van der Waals surface area contributed by atoms with Gasteiger partial charge in [0.1, 0.15) is 5.69 Å². The Morgan fingerprint density at radius 1 is 0.967 bits per heavy atom. The van der Waals surface area contributed by atoms with E-state index in [4.69, 9.17) is 0 Å². The van der Waals surface area contributed by atoms with Crippen molar-refractivity contribution in [3.63, 3.8) is 0 Å². The minimum Gasteiger partial charge on any atom is -0.337 e. The number of hydrogen-bond acceptors (Lipinski definition) is 3. The van der Waals surface area contributed by atoms with E-state index in [2.05, 4.69) is 21.3 Å². The van der Waals surface area contributed by atoms with Crippen LogP contribution in [0.1, 0.15) is 16.8 Å². The van der Waals surface area contributed by atoms with Gasteiger partial charge in [0, 0.05) is 37.7 Å². The van der Waals surface area contributed by atoms with E-state index in [1.807, 2.05) is 82.8 Å². The Bertz CT molecular complexity index is 1180. The molecule has 0 unspecified atom stereocenters. The number of rotatable bonds is 3. The van der Waals surface area contributed by atoms with Gasteiger partial charge in [0.2, 0.25) is 0 Å². The lowest BCUT2D eigenvalue weighted by Gasteiger charge is -2.20. The zero-order valence-electron chi connectivity index (χ0n) is 17.1. The number of nitrogens with zero attached hydrogens (tertiary/aromatic N) is 5. The lowest BCUT2D eigenvalue weighted by molar-refractivity contribution is 0.0765. The zero-order valence-corrected chi connectivity index (χ0v) is 17.1. The van der Waals surface area contributed by atoms with Gasteiger partial charge in [0.15, 0.2) is 0 Å². The molecule has 0 N–H and O–H groups in total. The summed E-state index contributed by atoms with van der Waals surface area (Å²) in [6, 6.07) is 18.1. The van der Waals surface area contributed by atoms with Gasteiger partial charge in [0.25, 0.3) is 5.91 Å². The minimum atomic E-state index is 0.0998. The van der Waals surface area contributed by atoms with Gasteiger partial charge in [-0.05, 0) is 50.3 Å². The van der Waals surface area contributed by atoms with Crippen LogP contribution in [0.2, 0.25) is 0 Å². The summed E-state index contributed by atoms with van der Waals surface area (Å²) < 4.78 is 4.07. The van der Waals surface area contributed by atoms with Crippen molar-refractivity contribution in [2.45, 2.75) is 6.42 Å². The molecule has 4 heterocycles. The molecule has 0 bridgehead atoms. The number of carbonyl (C=O) groups excluding carboxylic acids is 1. The summed E-state index contributed by atoms with van der Waals surface area (Å²) in [5.41, 5.74) is 4.49. The number of para-hydroxylation sites is 1. The molecule has 4 aromatic rings. The Hall–Kier alpha value is -3.38. The van der Waals surface area contributed by atoms with Gasteiger partial charge < -0.3 is 18.8 Å². The Kier molecular flexibility index (Phi) is 4.85. The fourth-order valence-corrected chi connectivity index (χ4v) is 4.14. The zero-order chi connectivity index (χ0) is 20.5. The van der Waals surface area contributed by atoms with E-state index >= 15 is 0 Å². The van der Waals surface area contributed by atoms with Crippen molar-refractivity contribution in [3.05, 3.63) is 78.9 Å². The van der Waals surface area contributed by atoms with Crippen molar-refractivity contribution in [2.24, 2.45) is 0 Å². The summed E-state index contributed by atoms with van der Waals surface area (Å²) in [5, 5.41) is 0. The first-order chi connectivity index (χ1) is 14.7. The number of aromatic nitrogens is 3. The van der Waals surface area contributed by atoms with Gasteiger partial charge in [-0.2, -0.15) is 0 Å². The molecule has 1 aromatic carbocycles. The first-order valence-corrected chi connectivity index (χ1v) is 10.4. The quantitative estimate of drug-likeness (QED) is 0.529. The maximum absolute atomic E-state index is 13.4. The van der Waals surface area contributed by atoms with Crippen LogP contribution in [0.15, 0.2) is 73.3 Å². The predicted molar refractivity (Wildman–Crippen MR) is 118 cm³/mol. The molecule has 152 valence electrons. The molecule has 1 amide bonds. The van der Waals surface area contributed by atoms with Crippen molar-refractivity contribution in [2.75, 3.05) is 33.2 Å². The fourth-order valence-electron chi connectivity index (χ4n) is 4.14. The highest BCUT2D eigenvalue weighted by Gasteiger charge is 2.23. The molecule has 1 fully saturated rings. The Morgan fingerprint density at radius 3 is 2.67 bits per heavy atom. The monoisotopic (exact) mass is 399 g/mol. The molecule has 0 radical (unpaired) electrons. The van der Waals surface area contributed by atoms with E-state index in [0.717, 1.165) is 60.8 Å². The lowest BCUT2D eigenvalue weighted by atomic mass is 10.2. The summed E-state index contributed by atoms with van der Waals surface area (Å²) in [7, 11) is 2.11. The molecule has 6 nitrogen and oxygen atoms in total. The molecular weight excluding hydrogens is 374 g/mol. The third-order valence-corrected chi connectivity index (χ3v) is 5.81. The van der Waals surface area contributed by atoms with Crippen LogP contribution in [0, 0.1) is 0 Å². The van der Waals surface area contributed by atoms with Crippen molar-refractivity contribution >= 4 is 11.4 Å². The third kappa shape index (κ3) is 3.39. The number of fused-ring (bicyclic) bond motifs is 1.